The number of rotatable bonds is 9. The van der Waals surface area contributed by atoms with E-state index in [1.54, 1.807) is 12.1 Å². The molecule has 2 N–H and O–H groups in total. The van der Waals surface area contributed by atoms with Crippen LogP contribution < -0.4 is 10.6 Å². The minimum atomic E-state index is -0.429. The number of hydrogen-bond donors (Lipinski definition) is 2. The molecule has 6 nitrogen and oxygen atoms in total. The smallest absolute Gasteiger partial charge is 0.263 e. The average molecular weight is 277 g/mol. The van der Waals surface area contributed by atoms with Gasteiger partial charge in [0.05, 0.1) is 12.8 Å². The summed E-state index contributed by atoms with van der Waals surface area (Å²) in [5.74, 6) is 0.210. The molecule has 0 atom stereocenters. The minimum Gasteiger partial charge on any atom is -0.467 e. The predicted molar refractivity (Wildman–Crippen MR) is 73.4 cm³/mol. The maximum absolute atomic E-state index is 11.7. The van der Waals surface area contributed by atoms with Crippen LogP contribution in [-0.4, -0.2) is 25.7 Å². The molecule has 0 saturated carbocycles. The third-order valence-electron chi connectivity index (χ3n) is 2.43. The molecule has 0 unspecified atom stereocenters. The fourth-order valence-electron chi connectivity index (χ4n) is 1.42. The van der Waals surface area contributed by atoms with Crippen LogP contribution in [0, 0.1) is 11.3 Å². The van der Waals surface area contributed by atoms with E-state index < -0.39 is 5.91 Å². The van der Waals surface area contributed by atoms with E-state index in [1.165, 1.54) is 12.5 Å². The van der Waals surface area contributed by atoms with E-state index in [-0.39, 0.29) is 12.1 Å². The van der Waals surface area contributed by atoms with E-state index >= 15 is 0 Å². The number of nitrogens with one attached hydrogen (secondary N) is 2. The molecule has 0 spiro atoms. The molecule has 0 bridgehead atoms. The van der Waals surface area contributed by atoms with Gasteiger partial charge in [0.2, 0.25) is 0 Å². The van der Waals surface area contributed by atoms with Crippen LogP contribution in [0.2, 0.25) is 0 Å². The van der Waals surface area contributed by atoms with Crippen LogP contribution in [0.4, 0.5) is 0 Å². The molecule has 6 heteroatoms. The van der Waals surface area contributed by atoms with Crippen LogP contribution in [-0.2, 0) is 16.1 Å². The average Bonchev–Trinajstić information content (AvgIpc) is 2.97. The molecule has 1 aromatic rings. The fourth-order valence-corrected chi connectivity index (χ4v) is 1.42. The molecule has 1 heterocycles. The fraction of sp³-hybridized carbons (Fsp3) is 0.429. The Bertz CT molecular complexity index is 461. The highest BCUT2D eigenvalue weighted by Crippen LogP contribution is 1.99. The maximum atomic E-state index is 11.7. The van der Waals surface area contributed by atoms with Crippen LogP contribution in [0.3, 0.4) is 0 Å². The van der Waals surface area contributed by atoms with Crippen LogP contribution in [0.25, 0.3) is 0 Å². The van der Waals surface area contributed by atoms with Gasteiger partial charge in [-0.25, -0.2) is 0 Å². The predicted octanol–water partition coefficient (Wildman–Crippen LogP) is 1.32. The number of amides is 1. The highest BCUT2D eigenvalue weighted by atomic mass is 16.5. The monoisotopic (exact) mass is 277 g/mol. The molecule has 1 rings (SSSR count). The first-order chi connectivity index (χ1) is 9.77. The van der Waals surface area contributed by atoms with E-state index in [4.69, 9.17) is 14.4 Å². The highest BCUT2D eigenvalue weighted by Gasteiger charge is 2.08. The van der Waals surface area contributed by atoms with Crippen molar-refractivity contribution in [2.45, 2.75) is 19.9 Å². The quantitative estimate of drug-likeness (QED) is 0.404. The lowest BCUT2D eigenvalue weighted by atomic mass is 10.3. The summed E-state index contributed by atoms with van der Waals surface area (Å²) in [6.45, 7) is 4.19. The second-order valence-corrected chi connectivity index (χ2v) is 3.94. The van der Waals surface area contributed by atoms with Gasteiger partial charge in [0, 0.05) is 26.0 Å². The molecule has 1 amide bonds. The third-order valence-corrected chi connectivity index (χ3v) is 2.43. The summed E-state index contributed by atoms with van der Waals surface area (Å²) in [6, 6.07) is 5.35. The van der Waals surface area contributed by atoms with Crippen molar-refractivity contribution in [3.8, 4) is 6.07 Å². The number of carbonyl (C=O) groups is 1. The molecule has 0 aliphatic rings. The second-order valence-electron chi connectivity index (χ2n) is 3.94. The van der Waals surface area contributed by atoms with E-state index in [2.05, 4.69) is 10.6 Å². The van der Waals surface area contributed by atoms with Gasteiger partial charge in [0.15, 0.2) is 0 Å². The Morgan fingerprint density at radius 2 is 2.45 bits per heavy atom. The number of nitrogens with zero attached hydrogens (tertiary/aromatic N) is 1. The topological polar surface area (TPSA) is 87.3 Å². The summed E-state index contributed by atoms with van der Waals surface area (Å²) < 4.78 is 10.3. The summed E-state index contributed by atoms with van der Waals surface area (Å²) in [4.78, 5) is 11.7. The largest absolute Gasteiger partial charge is 0.467 e. The second kappa shape index (κ2) is 9.64. The van der Waals surface area contributed by atoms with Crippen molar-refractivity contribution in [3.63, 3.8) is 0 Å². The Morgan fingerprint density at radius 3 is 3.10 bits per heavy atom. The zero-order chi connectivity index (χ0) is 14.6. The molecular formula is C14H19N3O3. The van der Waals surface area contributed by atoms with Gasteiger partial charge in [-0.15, -0.1) is 0 Å². The SMILES string of the molecule is CCOCCCN/C=C(/C#N)C(=O)NCc1ccco1. The number of hydrogen-bond acceptors (Lipinski definition) is 5. The van der Waals surface area contributed by atoms with E-state index in [0.29, 0.717) is 25.5 Å². The normalized spacial score (nSPS) is 10.9. The molecule has 0 radical (unpaired) electrons. The van der Waals surface area contributed by atoms with Crippen LogP contribution in [0.1, 0.15) is 19.1 Å². The van der Waals surface area contributed by atoms with E-state index in [1.807, 2.05) is 13.0 Å². The molecule has 0 aliphatic carbocycles. The number of nitriles is 1. The Labute approximate surface area is 118 Å². The summed E-state index contributed by atoms with van der Waals surface area (Å²) in [5, 5.41) is 14.5. The molecule has 20 heavy (non-hydrogen) atoms. The van der Waals surface area contributed by atoms with Crippen molar-refractivity contribution >= 4 is 5.91 Å². The van der Waals surface area contributed by atoms with E-state index in [9.17, 15) is 4.79 Å². The molecular weight excluding hydrogens is 258 g/mol. The lowest BCUT2D eigenvalue weighted by molar-refractivity contribution is -0.117. The Morgan fingerprint density at radius 1 is 1.60 bits per heavy atom. The van der Waals surface area contributed by atoms with Gasteiger partial charge < -0.3 is 19.8 Å². The van der Waals surface area contributed by atoms with E-state index in [0.717, 1.165) is 6.42 Å². The molecule has 108 valence electrons. The molecule has 0 aliphatic heterocycles. The first-order valence-corrected chi connectivity index (χ1v) is 6.50. The number of carbonyl (C=O) groups excluding carboxylic acids is 1. The molecule has 1 aromatic heterocycles. The van der Waals surface area contributed by atoms with Gasteiger partial charge in [-0.2, -0.15) is 5.26 Å². The molecule has 0 fully saturated rings. The Kier molecular flexibility index (Phi) is 7.62. The first kappa shape index (κ1) is 15.8. The van der Waals surface area contributed by atoms with Crippen LogP contribution >= 0.6 is 0 Å². The summed E-state index contributed by atoms with van der Waals surface area (Å²) in [6.07, 6.45) is 3.77. The van der Waals surface area contributed by atoms with Crippen molar-refractivity contribution in [2.24, 2.45) is 0 Å². The zero-order valence-corrected chi connectivity index (χ0v) is 11.5. The zero-order valence-electron chi connectivity index (χ0n) is 11.5. The summed E-state index contributed by atoms with van der Waals surface area (Å²) in [5.41, 5.74) is 0.0352. The van der Waals surface area contributed by atoms with Crippen molar-refractivity contribution in [3.05, 3.63) is 35.9 Å². The van der Waals surface area contributed by atoms with Crippen molar-refractivity contribution in [1.29, 1.82) is 5.26 Å². The van der Waals surface area contributed by atoms with Gasteiger partial charge in [-0.05, 0) is 25.5 Å². The lowest BCUT2D eigenvalue weighted by Gasteiger charge is -2.04. The molecule has 0 aromatic carbocycles. The van der Waals surface area contributed by atoms with Gasteiger partial charge in [0.25, 0.3) is 5.91 Å². The van der Waals surface area contributed by atoms with Crippen LogP contribution in [0.15, 0.2) is 34.6 Å². The highest BCUT2D eigenvalue weighted by molar-refractivity contribution is 5.96. The summed E-state index contributed by atoms with van der Waals surface area (Å²) in [7, 11) is 0. The Balaban J connectivity index is 2.29. The Hall–Kier alpha value is -2.26. The van der Waals surface area contributed by atoms with Gasteiger partial charge >= 0.3 is 0 Å². The van der Waals surface area contributed by atoms with Gasteiger partial charge in [0.1, 0.15) is 17.4 Å². The summed E-state index contributed by atoms with van der Waals surface area (Å²) >= 11 is 0. The van der Waals surface area contributed by atoms with Crippen molar-refractivity contribution in [2.75, 3.05) is 19.8 Å². The van der Waals surface area contributed by atoms with Crippen LogP contribution in [0.5, 0.6) is 0 Å². The maximum Gasteiger partial charge on any atom is 0.263 e. The van der Waals surface area contributed by atoms with Crippen molar-refractivity contribution in [1.82, 2.24) is 10.6 Å². The van der Waals surface area contributed by atoms with Gasteiger partial charge in [-0.3, -0.25) is 4.79 Å². The minimum absolute atomic E-state index is 0.0352. The lowest BCUT2D eigenvalue weighted by Crippen LogP contribution is -2.25. The van der Waals surface area contributed by atoms with Gasteiger partial charge in [-0.1, -0.05) is 0 Å². The first-order valence-electron chi connectivity index (χ1n) is 6.50. The third kappa shape index (κ3) is 6.07. The number of ether oxygens (including phenoxy) is 1. The molecule has 0 saturated heterocycles. The van der Waals surface area contributed by atoms with Crippen molar-refractivity contribution < 1.29 is 13.9 Å². The standard InChI is InChI=1S/C14H19N3O3/c1-2-19-7-4-6-16-10-12(9-15)14(18)17-11-13-5-3-8-20-13/h3,5,8,10,16H,2,4,6-7,11H2,1H3,(H,17,18)/b12-10-. The number of furan rings is 1.